The van der Waals surface area contributed by atoms with Gasteiger partial charge in [-0.2, -0.15) is 5.10 Å². The Morgan fingerprint density at radius 2 is 2.19 bits per heavy atom. The van der Waals surface area contributed by atoms with Crippen LogP contribution in [0, 0.1) is 0 Å². The molecule has 0 spiro atoms. The second kappa shape index (κ2) is 6.12. The minimum Gasteiger partial charge on any atom is -0.324 e. The van der Waals surface area contributed by atoms with Crippen LogP contribution in [0.5, 0.6) is 0 Å². The van der Waals surface area contributed by atoms with Crippen molar-refractivity contribution in [2.75, 3.05) is 12.3 Å². The van der Waals surface area contributed by atoms with E-state index in [4.69, 9.17) is 11.6 Å². The minimum atomic E-state index is -0.284. The molecule has 1 amide bonds. The molecule has 2 aromatic rings. The first-order valence-corrected chi connectivity index (χ1v) is 8.26. The molecule has 2 heterocycles. The molecule has 21 heavy (non-hydrogen) atoms. The molecule has 1 aliphatic rings. The normalized spacial score (nSPS) is 19.7. The Hall–Kier alpha value is -1.46. The fourth-order valence-corrected chi connectivity index (χ4v) is 3.85. The van der Waals surface area contributed by atoms with Gasteiger partial charge in [-0.3, -0.25) is 9.48 Å². The van der Waals surface area contributed by atoms with Crippen LogP contribution in [-0.4, -0.2) is 32.9 Å². The molecule has 0 N–H and O–H groups in total. The first-order chi connectivity index (χ1) is 10.2. The highest BCUT2D eigenvalue weighted by Gasteiger charge is 2.33. The van der Waals surface area contributed by atoms with Crippen LogP contribution in [-0.2, 0) is 4.79 Å². The smallest absolute Gasteiger partial charge is 0.248 e. The number of nitrogens with zero attached hydrogens (tertiary/aromatic N) is 3. The van der Waals surface area contributed by atoms with Crippen LogP contribution in [0.3, 0.4) is 0 Å². The number of carbonyl (C=O) groups excluding carboxylic acids is 1. The van der Waals surface area contributed by atoms with Crippen molar-refractivity contribution in [1.29, 1.82) is 0 Å². The van der Waals surface area contributed by atoms with Crippen LogP contribution in [0.1, 0.15) is 23.9 Å². The van der Waals surface area contributed by atoms with Gasteiger partial charge in [0.05, 0.1) is 0 Å². The van der Waals surface area contributed by atoms with Crippen molar-refractivity contribution in [3.63, 3.8) is 0 Å². The molecule has 2 unspecified atom stereocenters. The summed E-state index contributed by atoms with van der Waals surface area (Å²) in [5, 5.41) is 4.94. The van der Waals surface area contributed by atoms with E-state index in [1.165, 1.54) is 0 Å². The molecule has 1 aromatic carbocycles. The highest BCUT2D eigenvalue weighted by atomic mass is 35.5. The Labute approximate surface area is 133 Å². The van der Waals surface area contributed by atoms with Crippen molar-refractivity contribution in [2.24, 2.45) is 0 Å². The summed E-state index contributed by atoms with van der Waals surface area (Å²) in [4.78, 5) is 14.7. The maximum absolute atomic E-state index is 12.7. The van der Waals surface area contributed by atoms with E-state index in [1.807, 2.05) is 48.4 Å². The molecule has 1 saturated heterocycles. The fraction of sp³-hybridized carbons (Fsp3) is 0.333. The van der Waals surface area contributed by atoms with Gasteiger partial charge in [-0.25, -0.2) is 0 Å². The number of thioether (sulfide) groups is 1. The zero-order chi connectivity index (χ0) is 14.8. The first-order valence-electron chi connectivity index (χ1n) is 6.83. The zero-order valence-electron chi connectivity index (χ0n) is 11.6. The van der Waals surface area contributed by atoms with E-state index in [0.717, 1.165) is 17.9 Å². The number of hydrogen-bond acceptors (Lipinski definition) is 3. The molecule has 1 fully saturated rings. The third-order valence-electron chi connectivity index (χ3n) is 3.61. The predicted molar refractivity (Wildman–Crippen MR) is 85.3 cm³/mol. The molecule has 1 aromatic heterocycles. The number of carbonyl (C=O) groups is 1. The number of aromatic nitrogens is 2. The first kappa shape index (κ1) is 14.5. The highest BCUT2D eigenvalue weighted by molar-refractivity contribution is 7.99. The van der Waals surface area contributed by atoms with E-state index in [1.54, 1.807) is 22.6 Å². The van der Waals surface area contributed by atoms with E-state index < -0.39 is 0 Å². The molecule has 3 rings (SSSR count). The van der Waals surface area contributed by atoms with E-state index in [2.05, 4.69) is 5.10 Å². The highest BCUT2D eigenvalue weighted by Crippen LogP contribution is 2.39. The summed E-state index contributed by atoms with van der Waals surface area (Å²) in [7, 11) is 0. The second-order valence-electron chi connectivity index (χ2n) is 4.97. The topological polar surface area (TPSA) is 38.1 Å². The molecule has 2 atom stereocenters. The van der Waals surface area contributed by atoms with Crippen molar-refractivity contribution >= 4 is 29.3 Å². The van der Waals surface area contributed by atoms with Gasteiger partial charge < -0.3 is 4.90 Å². The summed E-state index contributed by atoms with van der Waals surface area (Å²) in [5.74, 6) is 1.05. The van der Waals surface area contributed by atoms with Gasteiger partial charge >= 0.3 is 0 Å². The Balaban J connectivity index is 1.80. The lowest BCUT2D eigenvalue weighted by atomic mass is 10.2. The van der Waals surface area contributed by atoms with Gasteiger partial charge in [0, 0.05) is 29.7 Å². The molecular weight excluding hydrogens is 306 g/mol. The van der Waals surface area contributed by atoms with Crippen molar-refractivity contribution in [2.45, 2.75) is 18.3 Å². The lowest BCUT2D eigenvalue weighted by molar-refractivity contribution is -0.134. The van der Waals surface area contributed by atoms with Crippen molar-refractivity contribution in [3.05, 3.63) is 53.3 Å². The molecule has 1 aliphatic heterocycles. The van der Waals surface area contributed by atoms with E-state index in [-0.39, 0.29) is 17.3 Å². The monoisotopic (exact) mass is 321 g/mol. The summed E-state index contributed by atoms with van der Waals surface area (Å²) in [5.41, 5.74) is 1.11. The summed E-state index contributed by atoms with van der Waals surface area (Å²) < 4.78 is 1.70. The lowest BCUT2D eigenvalue weighted by Crippen LogP contribution is -2.35. The van der Waals surface area contributed by atoms with Crippen LogP contribution < -0.4 is 0 Å². The molecule has 4 nitrogen and oxygen atoms in total. The quantitative estimate of drug-likeness (QED) is 0.870. The van der Waals surface area contributed by atoms with Crippen LogP contribution in [0.15, 0.2) is 42.7 Å². The predicted octanol–water partition coefficient (Wildman–Crippen LogP) is 3.37. The van der Waals surface area contributed by atoms with E-state index in [9.17, 15) is 4.79 Å². The average molecular weight is 322 g/mol. The van der Waals surface area contributed by atoms with Gasteiger partial charge in [-0.1, -0.05) is 23.7 Å². The Bertz CT molecular complexity index is 614. The molecule has 0 saturated carbocycles. The van der Waals surface area contributed by atoms with Crippen molar-refractivity contribution < 1.29 is 4.79 Å². The SMILES string of the molecule is CC(C(=O)N1CCSC1c1ccc(Cl)cc1)n1cccn1. The van der Waals surface area contributed by atoms with Crippen molar-refractivity contribution in [3.8, 4) is 0 Å². The molecular formula is C15H16ClN3OS. The van der Waals surface area contributed by atoms with E-state index in [0.29, 0.717) is 5.02 Å². The van der Waals surface area contributed by atoms with Gasteiger partial charge in [0.1, 0.15) is 11.4 Å². The number of hydrogen-bond donors (Lipinski definition) is 0. The summed E-state index contributed by atoms with van der Waals surface area (Å²) in [6, 6.07) is 9.27. The van der Waals surface area contributed by atoms with Gasteiger partial charge in [0.25, 0.3) is 0 Å². The molecule has 0 aliphatic carbocycles. The summed E-state index contributed by atoms with van der Waals surface area (Å²) in [6.07, 6.45) is 3.52. The maximum Gasteiger partial charge on any atom is 0.248 e. The van der Waals surface area contributed by atoms with Gasteiger partial charge in [0.2, 0.25) is 5.91 Å². The maximum atomic E-state index is 12.7. The van der Waals surface area contributed by atoms with Crippen molar-refractivity contribution in [1.82, 2.24) is 14.7 Å². The Kier molecular flexibility index (Phi) is 4.22. The number of amides is 1. The minimum absolute atomic E-state index is 0.0628. The van der Waals surface area contributed by atoms with Crippen LogP contribution in [0.4, 0.5) is 0 Å². The lowest BCUT2D eigenvalue weighted by Gasteiger charge is -2.27. The zero-order valence-corrected chi connectivity index (χ0v) is 13.2. The Morgan fingerprint density at radius 1 is 1.43 bits per heavy atom. The average Bonchev–Trinajstić information content (AvgIpc) is 3.17. The standard InChI is InChI=1S/C15H16ClN3OS/c1-11(19-8-2-7-17-19)14(20)18-9-10-21-15(18)12-3-5-13(16)6-4-12/h2-8,11,15H,9-10H2,1H3. The number of halogens is 1. The van der Waals surface area contributed by atoms with Gasteiger partial charge in [0.15, 0.2) is 0 Å². The van der Waals surface area contributed by atoms with Crippen LogP contribution >= 0.6 is 23.4 Å². The second-order valence-corrected chi connectivity index (χ2v) is 6.59. The third kappa shape index (κ3) is 2.94. The molecule has 0 radical (unpaired) electrons. The summed E-state index contributed by atoms with van der Waals surface area (Å²) >= 11 is 7.72. The Morgan fingerprint density at radius 3 is 2.86 bits per heavy atom. The molecule has 0 bridgehead atoms. The molecule has 110 valence electrons. The number of rotatable bonds is 3. The van der Waals surface area contributed by atoms with Gasteiger partial charge in [-0.15, -0.1) is 11.8 Å². The summed E-state index contributed by atoms with van der Waals surface area (Å²) in [6.45, 7) is 2.65. The molecule has 6 heteroatoms. The largest absolute Gasteiger partial charge is 0.324 e. The fourth-order valence-electron chi connectivity index (χ4n) is 2.46. The van der Waals surface area contributed by atoms with E-state index >= 15 is 0 Å². The van der Waals surface area contributed by atoms with Crippen LogP contribution in [0.25, 0.3) is 0 Å². The van der Waals surface area contributed by atoms with Gasteiger partial charge in [-0.05, 0) is 30.7 Å². The number of benzene rings is 1. The third-order valence-corrected chi connectivity index (χ3v) is 5.12. The van der Waals surface area contributed by atoms with Crippen LogP contribution in [0.2, 0.25) is 5.02 Å².